The summed E-state index contributed by atoms with van der Waals surface area (Å²) in [5.74, 6) is -0.565. The first-order chi connectivity index (χ1) is 11.9. The number of aromatic amines is 1. The third-order valence-electron chi connectivity index (χ3n) is 4.89. The van der Waals surface area contributed by atoms with E-state index in [1.807, 2.05) is 0 Å². The zero-order valence-electron chi connectivity index (χ0n) is 13.5. The number of H-pyrrole nitrogens is 1. The third-order valence-corrected chi connectivity index (χ3v) is 5.38. The van der Waals surface area contributed by atoms with Gasteiger partial charge in [-0.15, -0.1) is 0 Å². The molecule has 25 heavy (non-hydrogen) atoms. The Bertz CT molecular complexity index is 925. The van der Waals surface area contributed by atoms with Crippen LogP contribution in [0.1, 0.15) is 28.2 Å². The summed E-state index contributed by atoms with van der Waals surface area (Å²) in [4.78, 5) is 26.1. The molecule has 132 valence electrons. The Morgan fingerprint density at radius 2 is 2.24 bits per heavy atom. The van der Waals surface area contributed by atoms with Crippen molar-refractivity contribution in [3.63, 3.8) is 0 Å². The molecule has 1 amide bonds. The van der Waals surface area contributed by atoms with E-state index in [-0.39, 0.29) is 29.4 Å². The summed E-state index contributed by atoms with van der Waals surface area (Å²) in [7, 11) is 0. The van der Waals surface area contributed by atoms with Gasteiger partial charge in [-0.1, -0.05) is 17.7 Å². The Labute approximate surface area is 147 Å². The van der Waals surface area contributed by atoms with E-state index in [1.54, 1.807) is 6.92 Å². The number of nitrogens with zero attached hydrogens (tertiary/aromatic N) is 3. The minimum absolute atomic E-state index is 0.115. The quantitative estimate of drug-likeness (QED) is 0.829. The van der Waals surface area contributed by atoms with Crippen LogP contribution in [-0.4, -0.2) is 44.3 Å². The van der Waals surface area contributed by atoms with Crippen LogP contribution in [0.3, 0.4) is 0 Å². The minimum atomic E-state index is -0.664. The molecule has 1 aromatic carbocycles. The average Bonchev–Trinajstić information content (AvgIpc) is 3.16. The molecule has 1 unspecified atom stereocenters. The highest BCUT2D eigenvalue weighted by Gasteiger charge is 2.45. The van der Waals surface area contributed by atoms with Gasteiger partial charge in [0.2, 0.25) is 0 Å². The van der Waals surface area contributed by atoms with Crippen LogP contribution in [0.5, 0.6) is 0 Å². The van der Waals surface area contributed by atoms with Crippen LogP contribution in [0.15, 0.2) is 16.9 Å². The lowest BCUT2D eigenvalue weighted by Crippen LogP contribution is -2.47. The van der Waals surface area contributed by atoms with Gasteiger partial charge in [0.1, 0.15) is 18.0 Å². The maximum absolute atomic E-state index is 14.2. The first-order valence-corrected chi connectivity index (χ1v) is 8.30. The molecule has 2 aromatic rings. The Hall–Kier alpha value is -2.19. The minimum Gasteiger partial charge on any atom is -0.363 e. The van der Waals surface area contributed by atoms with Crippen molar-refractivity contribution in [2.75, 3.05) is 13.1 Å². The van der Waals surface area contributed by atoms with Crippen molar-refractivity contribution < 1.29 is 13.9 Å². The van der Waals surface area contributed by atoms with E-state index in [1.165, 1.54) is 21.6 Å². The number of fused-ring (bicyclic) bond motifs is 1. The van der Waals surface area contributed by atoms with Crippen LogP contribution in [0.2, 0.25) is 5.02 Å². The summed E-state index contributed by atoms with van der Waals surface area (Å²) < 4.78 is 21.6. The van der Waals surface area contributed by atoms with Crippen molar-refractivity contribution in [1.29, 1.82) is 0 Å². The first-order valence-electron chi connectivity index (χ1n) is 7.92. The van der Waals surface area contributed by atoms with Crippen LogP contribution in [0, 0.1) is 12.7 Å². The van der Waals surface area contributed by atoms with Gasteiger partial charge in [0.15, 0.2) is 5.82 Å². The van der Waals surface area contributed by atoms with Gasteiger partial charge in [0, 0.05) is 6.54 Å². The van der Waals surface area contributed by atoms with Crippen LogP contribution >= 0.6 is 11.6 Å². The number of amides is 1. The molecule has 1 aromatic heterocycles. The molecule has 2 aliphatic heterocycles. The number of rotatable bonds is 1. The molecular weight excluding hydrogens is 351 g/mol. The molecule has 0 bridgehead atoms. The van der Waals surface area contributed by atoms with Crippen molar-refractivity contribution in [3.05, 3.63) is 50.4 Å². The predicted octanol–water partition coefficient (Wildman–Crippen LogP) is 1.49. The fourth-order valence-electron chi connectivity index (χ4n) is 3.45. The van der Waals surface area contributed by atoms with E-state index >= 15 is 0 Å². The number of aryl methyl sites for hydroxylation is 1. The molecule has 0 saturated carbocycles. The van der Waals surface area contributed by atoms with E-state index in [9.17, 15) is 14.0 Å². The molecule has 2 aliphatic rings. The van der Waals surface area contributed by atoms with E-state index in [0.29, 0.717) is 30.9 Å². The molecular formula is C16H16ClFN4O3. The van der Waals surface area contributed by atoms with E-state index in [2.05, 4.69) is 10.2 Å². The van der Waals surface area contributed by atoms with Gasteiger partial charge >= 0.3 is 5.69 Å². The van der Waals surface area contributed by atoms with Crippen LogP contribution in [-0.2, 0) is 17.9 Å². The third kappa shape index (κ3) is 2.56. The molecule has 1 atom stereocenters. The zero-order valence-corrected chi connectivity index (χ0v) is 14.3. The lowest BCUT2D eigenvalue weighted by Gasteiger charge is -2.33. The molecule has 4 rings (SSSR count). The number of nitrogens with one attached hydrogen (secondary N) is 1. The Kier molecular flexibility index (Phi) is 3.69. The van der Waals surface area contributed by atoms with Crippen molar-refractivity contribution in [1.82, 2.24) is 19.7 Å². The number of ether oxygens (including phenoxy) is 1. The zero-order chi connectivity index (χ0) is 17.8. The lowest BCUT2D eigenvalue weighted by atomic mass is 10.0. The largest absolute Gasteiger partial charge is 0.363 e. The molecule has 1 fully saturated rings. The molecule has 1 saturated heterocycles. The summed E-state index contributed by atoms with van der Waals surface area (Å²) >= 11 is 6.15. The lowest BCUT2D eigenvalue weighted by molar-refractivity contribution is -0.0816. The topological polar surface area (TPSA) is 80.2 Å². The Morgan fingerprint density at radius 1 is 1.44 bits per heavy atom. The van der Waals surface area contributed by atoms with E-state index in [4.69, 9.17) is 16.3 Å². The highest BCUT2D eigenvalue weighted by atomic mass is 35.5. The summed E-state index contributed by atoms with van der Waals surface area (Å²) in [5, 5.41) is 6.42. The smallest absolute Gasteiger partial charge is 0.343 e. The Morgan fingerprint density at radius 3 is 3.04 bits per heavy atom. The van der Waals surface area contributed by atoms with Gasteiger partial charge in [0.05, 0.1) is 23.7 Å². The maximum atomic E-state index is 14.2. The standard InChI is InChI=1S/C16H16ClFN4O3/c1-9-2-3-10(18)12(13(9)17)14(23)21-5-4-16(7-21)8-22-11(6-25-16)19-20-15(22)24/h2-3H,4-8H2,1H3,(H,20,24). The monoisotopic (exact) mass is 366 g/mol. The molecule has 9 heteroatoms. The second kappa shape index (κ2) is 5.67. The number of hydrogen-bond donors (Lipinski definition) is 1. The molecule has 3 heterocycles. The van der Waals surface area contributed by atoms with Crippen LogP contribution < -0.4 is 5.69 Å². The highest BCUT2D eigenvalue weighted by molar-refractivity contribution is 6.34. The number of likely N-dealkylation sites (tertiary alicyclic amines) is 1. The number of carbonyl (C=O) groups is 1. The summed E-state index contributed by atoms with van der Waals surface area (Å²) in [5.41, 5.74) is -0.432. The maximum Gasteiger partial charge on any atom is 0.343 e. The molecule has 1 spiro atoms. The second-order valence-electron chi connectivity index (χ2n) is 6.53. The van der Waals surface area contributed by atoms with Crippen LogP contribution in [0.4, 0.5) is 4.39 Å². The van der Waals surface area contributed by atoms with Crippen molar-refractivity contribution >= 4 is 17.5 Å². The SMILES string of the molecule is Cc1ccc(F)c(C(=O)N2CCC3(C2)Cn2c(n[nH]c2=O)CO3)c1Cl. The number of hydrogen-bond acceptors (Lipinski definition) is 4. The number of benzene rings is 1. The van der Waals surface area contributed by atoms with Gasteiger partial charge in [-0.25, -0.2) is 14.3 Å². The molecule has 1 N–H and O–H groups in total. The number of halogens is 2. The van der Waals surface area contributed by atoms with Gasteiger partial charge in [-0.05, 0) is 25.0 Å². The number of carbonyl (C=O) groups excluding carboxylic acids is 1. The van der Waals surface area contributed by atoms with Crippen molar-refractivity contribution in [2.24, 2.45) is 0 Å². The Balaban J connectivity index is 1.60. The fraction of sp³-hybridized carbons (Fsp3) is 0.438. The van der Waals surface area contributed by atoms with E-state index in [0.717, 1.165) is 0 Å². The number of aromatic nitrogens is 3. The summed E-state index contributed by atoms with van der Waals surface area (Å²) in [6, 6.07) is 2.78. The fourth-order valence-corrected chi connectivity index (χ4v) is 3.68. The predicted molar refractivity (Wildman–Crippen MR) is 87.0 cm³/mol. The molecule has 0 radical (unpaired) electrons. The van der Waals surface area contributed by atoms with Crippen LogP contribution in [0.25, 0.3) is 0 Å². The highest BCUT2D eigenvalue weighted by Crippen LogP contribution is 2.33. The average molecular weight is 367 g/mol. The van der Waals surface area contributed by atoms with Gasteiger partial charge in [0.25, 0.3) is 5.91 Å². The van der Waals surface area contributed by atoms with Gasteiger partial charge in [-0.3, -0.25) is 9.36 Å². The van der Waals surface area contributed by atoms with E-state index < -0.39 is 17.3 Å². The molecule has 0 aliphatic carbocycles. The van der Waals surface area contributed by atoms with Gasteiger partial charge in [-0.2, -0.15) is 5.10 Å². The van der Waals surface area contributed by atoms with Crippen molar-refractivity contribution in [2.45, 2.75) is 32.1 Å². The summed E-state index contributed by atoms with van der Waals surface area (Å²) in [6.45, 7) is 2.91. The molecule has 7 nitrogen and oxygen atoms in total. The second-order valence-corrected chi connectivity index (χ2v) is 6.91. The first kappa shape index (κ1) is 16.3. The van der Waals surface area contributed by atoms with Crippen molar-refractivity contribution in [3.8, 4) is 0 Å². The summed E-state index contributed by atoms with van der Waals surface area (Å²) in [6.07, 6.45) is 0.556. The van der Waals surface area contributed by atoms with Gasteiger partial charge < -0.3 is 9.64 Å². The normalized spacial score (nSPS) is 22.4.